The molecule has 2 heterocycles. The monoisotopic (exact) mass is 424 g/mol. The molecule has 0 radical (unpaired) electrons. The van der Waals surface area contributed by atoms with Crippen molar-refractivity contribution in [3.05, 3.63) is 52.7 Å². The van der Waals surface area contributed by atoms with E-state index in [1.165, 1.54) is 25.3 Å². The predicted octanol–water partition coefficient (Wildman–Crippen LogP) is 4.44. The third kappa shape index (κ3) is 5.23. The van der Waals surface area contributed by atoms with Gasteiger partial charge in [-0.2, -0.15) is 0 Å². The zero-order valence-electron chi connectivity index (χ0n) is 18.7. The lowest BCUT2D eigenvalue weighted by Crippen LogP contribution is -2.39. The molecule has 166 valence electrons. The third-order valence-corrected chi connectivity index (χ3v) is 6.64. The second kappa shape index (κ2) is 9.75. The highest BCUT2D eigenvalue weighted by Gasteiger charge is 2.28. The van der Waals surface area contributed by atoms with E-state index in [0.717, 1.165) is 73.9 Å². The topological polar surface area (TPSA) is 49.3 Å². The number of carbonyl (C=O) groups excluding carboxylic acids is 1. The maximum atomic E-state index is 13.7. The van der Waals surface area contributed by atoms with Crippen molar-refractivity contribution in [2.75, 3.05) is 31.1 Å². The average molecular weight is 425 g/mol. The first-order valence-electron chi connectivity index (χ1n) is 11.6. The minimum absolute atomic E-state index is 0.215. The first-order valence-corrected chi connectivity index (χ1v) is 11.6. The number of hydrogen-bond donors (Lipinski definition) is 0. The number of hydrogen-bond acceptors (Lipinski definition) is 4. The quantitative estimate of drug-likeness (QED) is 0.728. The summed E-state index contributed by atoms with van der Waals surface area (Å²) in [5.41, 5.74) is 2.90. The van der Waals surface area contributed by atoms with E-state index in [2.05, 4.69) is 14.8 Å². The molecule has 6 heteroatoms. The van der Waals surface area contributed by atoms with E-state index in [-0.39, 0.29) is 11.7 Å². The molecule has 1 aliphatic heterocycles. The summed E-state index contributed by atoms with van der Waals surface area (Å²) < 4.78 is 13.7. The van der Waals surface area contributed by atoms with Crippen molar-refractivity contribution >= 4 is 11.7 Å². The number of halogens is 1. The van der Waals surface area contributed by atoms with Gasteiger partial charge in [-0.15, -0.1) is 0 Å². The second-order valence-corrected chi connectivity index (χ2v) is 8.97. The minimum Gasteiger partial charge on any atom is -0.354 e. The molecule has 1 aromatic carbocycles. The number of anilines is 1. The fourth-order valence-corrected chi connectivity index (χ4v) is 4.99. The Kier molecular flexibility index (Phi) is 6.83. The molecule has 1 saturated heterocycles. The van der Waals surface area contributed by atoms with Crippen LogP contribution in [0.3, 0.4) is 0 Å². The van der Waals surface area contributed by atoms with Gasteiger partial charge >= 0.3 is 0 Å². The van der Waals surface area contributed by atoms with Crippen LogP contribution in [-0.2, 0) is 11.2 Å². The molecule has 0 bridgehead atoms. The highest BCUT2D eigenvalue weighted by atomic mass is 19.1. The van der Waals surface area contributed by atoms with Crippen molar-refractivity contribution in [1.29, 1.82) is 0 Å². The number of carbonyl (C=O) groups is 1. The van der Waals surface area contributed by atoms with E-state index in [1.807, 2.05) is 19.9 Å². The van der Waals surface area contributed by atoms with Gasteiger partial charge in [0.25, 0.3) is 0 Å². The van der Waals surface area contributed by atoms with Crippen LogP contribution in [0.4, 0.5) is 10.2 Å². The van der Waals surface area contributed by atoms with Gasteiger partial charge < -0.3 is 9.80 Å². The lowest BCUT2D eigenvalue weighted by molar-refractivity contribution is -0.136. The molecule has 0 spiro atoms. The van der Waals surface area contributed by atoms with E-state index >= 15 is 0 Å². The molecule has 31 heavy (non-hydrogen) atoms. The lowest BCUT2D eigenvalue weighted by atomic mass is 9.88. The highest BCUT2D eigenvalue weighted by Crippen LogP contribution is 2.28. The Morgan fingerprint density at radius 3 is 2.61 bits per heavy atom. The normalized spacial score (nSPS) is 18.2. The average Bonchev–Trinajstić information content (AvgIpc) is 3.02. The van der Waals surface area contributed by atoms with Gasteiger partial charge in [0.1, 0.15) is 17.5 Å². The van der Waals surface area contributed by atoms with Crippen LogP contribution in [0.25, 0.3) is 0 Å². The van der Waals surface area contributed by atoms with E-state index in [4.69, 9.17) is 4.98 Å². The van der Waals surface area contributed by atoms with E-state index < -0.39 is 0 Å². The van der Waals surface area contributed by atoms with Gasteiger partial charge in [-0.3, -0.25) is 4.79 Å². The molecule has 2 fully saturated rings. The van der Waals surface area contributed by atoms with Crippen molar-refractivity contribution in [2.45, 2.75) is 58.8 Å². The van der Waals surface area contributed by atoms with Gasteiger partial charge in [0.2, 0.25) is 5.91 Å². The smallest absolute Gasteiger partial charge is 0.225 e. The summed E-state index contributed by atoms with van der Waals surface area (Å²) in [6.07, 6.45) is 7.24. The molecule has 2 aliphatic rings. The minimum atomic E-state index is -0.226. The van der Waals surface area contributed by atoms with Gasteiger partial charge in [-0.05, 0) is 50.8 Å². The number of aryl methyl sites for hydroxylation is 2. The number of amides is 1. The van der Waals surface area contributed by atoms with Crippen molar-refractivity contribution in [3.8, 4) is 0 Å². The fraction of sp³-hybridized carbons (Fsp3) is 0.560. The molecule has 1 aliphatic carbocycles. The van der Waals surface area contributed by atoms with E-state index in [9.17, 15) is 9.18 Å². The molecule has 1 saturated carbocycles. The van der Waals surface area contributed by atoms with Crippen LogP contribution in [0.1, 0.15) is 61.2 Å². The number of nitrogens with zero attached hydrogens (tertiary/aromatic N) is 4. The lowest BCUT2D eigenvalue weighted by Gasteiger charge is -2.29. The second-order valence-electron chi connectivity index (χ2n) is 8.97. The third-order valence-electron chi connectivity index (χ3n) is 6.64. The molecule has 1 aromatic heterocycles. The summed E-state index contributed by atoms with van der Waals surface area (Å²) in [4.78, 5) is 26.8. The molecule has 0 N–H and O–H groups in total. The maximum absolute atomic E-state index is 13.7. The maximum Gasteiger partial charge on any atom is 0.225 e. The molecular weight excluding hydrogens is 391 g/mol. The van der Waals surface area contributed by atoms with Crippen LogP contribution in [-0.4, -0.2) is 47.0 Å². The van der Waals surface area contributed by atoms with Crippen molar-refractivity contribution in [2.24, 2.45) is 5.92 Å². The first kappa shape index (κ1) is 21.7. The first-order chi connectivity index (χ1) is 15.0. The van der Waals surface area contributed by atoms with Crippen LogP contribution in [0, 0.1) is 25.6 Å². The number of aromatic nitrogens is 2. The van der Waals surface area contributed by atoms with Crippen molar-refractivity contribution < 1.29 is 9.18 Å². The Balaban J connectivity index is 1.53. The van der Waals surface area contributed by atoms with Gasteiger partial charge in [0.15, 0.2) is 0 Å². The molecule has 4 rings (SSSR count). The SMILES string of the molecule is Cc1nc(C)c(Cc2cccc(F)c2)c(N2CCCN(C(=O)C3CCCCC3)CC2)n1. The van der Waals surface area contributed by atoms with Gasteiger partial charge in [-0.25, -0.2) is 14.4 Å². The Bertz CT molecular complexity index is 926. The summed E-state index contributed by atoms with van der Waals surface area (Å²) in [5.74, 6) is 2.01. The van der Waals surface area contributed by atoms with Crippen molar-refractivity contribution in [1.82, 2.24) is 14.9 Å². The van der Waals surface area contributed by atoms with Gasteiger partial charge in [-0.1, -0.05) is 31.4 Å². The van der Waals surface area contributed by atoms with Crippen molar-refractivity contribution in [3.63, 3.8) is 0 Å². The molecule has 0 unspecified atom stereocenters. The van der Waals surface area contributed by atoms with Crippen LogP contribution < -0.4 is 4.90 Å². The summed E-state index contributed by atoms with van der Waals surface area (Å²) >= 11 is 0. The van der Waals surface area contributed by atoms with Crippen LogP contribution in [0.15, 0.2) is 24.3 Å². The standard InChI is InChI=1S/C25H33FN4O/c1-18-23(17-20-8-6-11-22(26)16-20)24(28-19(2)27-18)29-12-7-13-30(15-14-29)25(31)21-9-4-3-5-10-21/h6,8,11,16,21H,3-5,7,9-10,12-15,17H2,1-2H3. The number of benzene rings is 1. The van der Waals surface area contributed by atoms with E-state index in [1.54, 1.807) is 12.1 Å². The Labute approximate surface area is 184 Å². The van der Waals surface area contributed by atoms with Gasteiger partial charge in [0, 0.05) is 49.8 Å². The highest BCUT2D eigenvalue weighted by molar-refractivity contribution is 5.79. The molecule has 2 aromatic rings. The molecule has 0 atom stereocenters. The fourth-order valence-electron chi connectivity index (χ4n) is 4.99. The zero-order valence-corrected chi connectivity index (χ0v) is 18.7. The number of rotatable bonds is 4. The Morgan fingerprint density at radius 2 is 1.84 bits per heavy atom. The largest absolute Gasteiger partial charge is 0.354 e. The summed E-state index contributed by atoms with van der Waals surface area (Å²) in [7, 11) is 0. The van der Waals surface area contributed by atoms with Crippen LogP contribution in [0.5, 0.6) is 0 Å². The molecular formula is C25H33FN4O. The van der Waals surface area contributed by atoms with E-state index in [0.29, 0.717) is 12.3 Å². The predicted molar refractivity (Wildman–Crippen MR) is 121 cm³/mol. The summed E-state index contributed by atoms with van der Waals surface area (Å²) in [5, 5.41) is 0. The molecule has 5 nitrogen and oxygen atoms in total. The Hall–Kier alpha value is -2.50. The van der Waals surface area contributed by atoms with Gasteiger partial charge in [0.05, 0.1) is 0 Å². The van der Waals surface area contributed by atoms with Crippen LogP contribution >= 0.6 is 0 Å². The van der Waals surface area contributed by atoms with Crippen LogP contribution in [0.2, 0.25) is 0 Å². The zero-order chi connectivity index (χ0) is 21.8. The summed E-state index contributed by atoms with van der Waals surface area (Å²) in [6, 6.07) is 6.74. The Morgan fingerprint density at radius 1 is 1.03 bits per heavy atom. The molecule has 1 amide bonds. The summed E-state index contributed by atoms with van der Waals surface area (Å²) in [6.45, 7) is 7.10.